The van der Waals surface area contributed by atoms with Crippen LogP contribution in [-0.2, 0) is 10.0 Å². The summed E-state index contributed by atoms with van der Waals surface area (Å²) in [5.74, 6) is -1.23. The second-order valence-electron chi connectivity index (χ2n) is 4.36. The number of non-ortho nitro benzene ring substituents is 1. The first-order valence-corrected chi connectivity index (χ1v) is 7.35. The molecule has 0 aliphatic heterocycles. The highest BCUT2D eigenvalue weighted by atomic mass is 32.2. The van der Waals surface area contributed by atoms with Crippen molar-refractivity contribution in [1.82, 2.24) is 4.31 Å². The molecule has 1 aromatic carbocycles. The minimum atomic E-state index is -4.25. The van der Waals surface area contributed by atoms with Gasteiger partial charge in [0, 0.05) is 26.2 Å². The molecular formula is C11H16FN3O5S. The number of nitro groups is 1. The van der Waals surface area contributed by atoms with E-state index in [1.165, 1.54) is 21.0 Å². The molecule has 118 valence electrons. The van der Waals surface area contributed by atoms with Crippen molar-refractivity contribution in [2.45, 2.75) is 17.9 Å². The lowest BCUT2D eigenvalue weighted by Gasteiger charge is -2.24. The van der Waals surface area contributed by atoms with Gasteiger partial charge in [0.1, 0.15) is 4.90 Å². The molecule has 2 N–H and O–H groups in total. The molecule has 0 aliphatic rings. The first-order chi connectivity index (χ1) is 9.66. The lowest BCUT2D eigenvalue weighted by Crippen LogP contribution is -2.38. The Bertz CT molecular complexity index is 650. The summed E-state index contributed by atoms with van der Waals surface area (Å²) >= 11 is 0. The molecule has 0 bridgehead atoms. The zero-order valence-corrected chi connectivity index (χ0v) is 12.5. The largest absolute Gasteiger partial charge is 0.395 e. The number of nitrogens with one attached hydrogen (secondary N) is 1. The third kappa shape index (κ3) is 3.28. The molecule has 1 rings (SSSR count). The Labute approximate surface area is 121 Å². The van der Waals surface area contributed by atoms with Crippen LogP contribution in [-0.4, -0.2) is 49.5 Å². The molecule has 0 amide bonds. The fourth-order valence-electron chi connectivity index (χ4n) is 1.63. The SMILES string of the molecule is CNc1cc([N+](=O)[O-])cc(F)c1S(=O)(=O)N(C)C(C)CO. The molecule has 1 atom stereocenters. The number of nitro benzene ring substituents is 1. The number of hydrogen-bond donors (Lipinski definition) is 2. The number of aliphatic hydroxyl groups excluding tert-OH is 1. The van der Waals surface area contributed by atoms with Crippen molar-refractivity contribution in [3.05, 3.63) is 28.1 Å². The van der Waals surface area contributed by atoms with E-state index >= 15 is 0 Å². The second kappa shape index (κ2) is 6.33. The van der Waals surface area contributed by atoms with Gasteiger partial charge in [-0.3, -0.25) is 10.1 Å². The third-order valence-corrected chi connectivity index (χ3v) is 5.08. The molecule has 0 saturated heterocycles. The van der Waals surface area contributed by atoms with E-state index in [1.54, 1.807) is 0 Å². The fraction of sp³-hybridized carbons (Fsp3) is 0.455. The number of anilines is 1. The number of sulfonamides is 1. The summed E-state index contributed by atoms with van der Waals surface area (Å²) < 4.78 is 39.6. The van der Waals surface area contributed by atoms with Crippen molar-refractivity contribution in [3.8, 4) is 0 Å². The van der Waals surface area contributed by atoms with Gasteiger partial charge < -0.3 is 10.4 Å². The maximum absolute atomic E-state index is 14.1. The first-order valence-electron chi connectivity index (χ1n) is 5.91. The molecule has 0 radical (unpaired) electrons. The third-order valence-electron chi connectivity index (χ3n) is 3.03. The average molecular weight is 321 g/mol. The van der Waals surface area contributed by atoms with Gasteiger partial charge in [-0.25, -0.2) is 12.8 Å². The van der Waals surface area contributed by atoms with Gasteiger partial charge in [0.2, 0.25) is 10.0 Å². The highest BCUT2D eigenvalue weighted by molar-refractivity contribution is 7.89. The van der Waals surface area contributed by atoms with E-state index in [0.717, 1.165) is 10.4 Å². The minimum absolute atomic E-state index is 0.223. The predicted octanol–water partition coefficient (Wildman–Crippen LogP) is 0.777. The number of hydrogen-bond acceptors (Lipinski definition) is 6. The van der Waals surface area contributed by atoms with Crippen molar-refractivity contribution in [2.24, 2.45) is 0 Å². The summed E-state index contributed by atoms with van der Waals surface area (Å²) in [6, 6.07) is 0.716. The Balaban J connectivity index is 3.52. The minimum Gasteiger partial charge on any atom is -0.395 e. The molecule has 0 aliphatic carbocycles. The van der Waals surface area contributed by atoms with Crippen molar-refractivity contribution in [1.29, 1.82) is 0 Å². The van der Waals surface area contributed by atoms with E-state index in [9.17, 15) is 22.9 Å². The Morgan fingerprint density at radius 2 is 2.10 bits per heavy atom. The van der Waals surface area contributed by atoms with Crippen LogP contribution in [0.15, 0.2) is 17.0 Å². The Hall–Kier alpha value is -1.78. The maximum atomic E-state index is 14.1. The average Bonchev–Trinajstić information content (AvgIpc) is 2.43. The van der Waals surface area contributed by atoms with Gasteiger partial charge in [0.05, 0.1) is 23.3 Å². The molecule has 10 heteroatoms. The van der Waals surface area contributed by atoms with Crippen LogP contribution in [0.1, 0.15) is 6.92 Å². The number of halogens is 1. The highest BCUT2D eigenvalue weighted by Crippen LogP contribution is 2.31. The monoisotopic (exact) mass is 321 g/mol. The number of aliphatic hydroxyl groups is 1. The van der Waals surface area contributed by atoms with Crippen molar-refractivity contribution in [3.63, 3.8) is 0 Å². The second-order valence-corrected chi connectivity index (χ2v) is 6.30. The number of rotatable bonds is 6. The highest BCUT2D eigenvalue weighted by Gasteiger charge is 2.32. The molecular weight excluding hydrogens is 305 g/mol. The van der Waals surface area contributed by atoms with Crippen LogP contribution in [0.25, 0.3) is 0 Å². The van der Waals surface area contributed by atoms with E-state index in [1.807, 2.05) is 0 Å². The summed E-state index contributed by atoms with van der Waals surface area (Å²) in [6.45, 7) is 0.999. The van der Waals surface area contributed by atoms with Gasteiger partial charge in [0.25, 0.3) is 5.69 Å². The van der Waals surface area contributed by atoms with E-state index < -0.39 is 44.0 Å². The van der Waals surface area contributed by atoms with Gasteiger partial charge in [0.15, 0.2) is 5.82 Å². The predicted molar refractivity (Wildman–Crippen MR) is 74.1 cm³/mol. The molecule has 0 saturated carbocycles. The molecule has 21 heavy (non-hydrogen) atoms. The van der Waals surface area contributed by atoms with Crippen LogP contribution < -0.4 is 5.32 Å². The molecule has 0 fully saturated rings. The maximum Gasteiger partial charge on any atom is 0.274 e. The van der Waals surface area contributed by atoms with Crippen LogP contribution in [0.3, 0.4) is 0 Å². The zero-order chi connectivity index (χ0) is 16.4. The van der Waals surface area contributed by atoms with E-state index in [2.05, 4.69) is 5.32 Å². The Morgan fingerprint density at radius 3 is 2.52 bits per heavy atom. The van der Waals surface area contributed by atoms with Crippen LogP contribution in [0.4, 0.5) is 15.8 Å². The standard InChI is InChI=1S/C11H16FN3O5S/c1-7(6-16)14(3)21(19,20)11-9(12)4-8(15(17)18)5-10(11)13-2/h4-5,7,13,16H,6H2,1-3H3. The summed E-state index contributed by atoms with van der Waals surface area (Å²) in [5, 5.41) is 22.1. The number of nitrogens with zero attached hydrogens (tertiary/aromatic N) is 2. The van der Waals surface area contributed by atoms with Crippen LogP contribution in [0, 0.1) is 15.9 Å². The smallest absolute Gasteiger partial charge is 0.274 e. The molecule has 8 nitrogen and oxygen atoms in total. The lowest BCUT2D eigenvalue weighted by atomic mass is 10.2. The van der Waals surface area contributed by atoms with Crippen LogP contribution >= 0.6 is 0 Å². The van der Waals surface area contributed by atoms with Crippen LogP contribution in [0.2, 0.25) is 0 Å². The number of benzene rings is 1. The quantitative estimate of drug-likeness (QED) is 0.591. The fourth-order valence-corrected chi connectivity index (χ4v) is 3.20. The van der Waals surface area contributed by atoms with Crippen molar-refractivity contribution in [2.75, 3.05) is 26.0 Å². The topological polar surface area (TPSA) is 113 Å². The molecule has 0 aromatic heterocycles. The Morgan fingerprint density at radius 1 is 1.52 bits per heavy atom. The molecule has 0 heterocycles. The normalized spacial score (nSPS) is 13.2. The summed E-state index contributed by atoms with van der Waals surface area (Å²) in [6.07, 6.45) is 0. The summed E-state index contributed by atoms with van der Waals surface area (Å²) in [4.78, 5) is 9.17. The lowest BCUT2D eigenvalue weighted by molar-refractivity contribution is -0.385. The van der Waals surface area contributed by atoms with Gasteiger partial charge in [-0.2, -0.15) is 4.31 Å². The van der Waals surface area contributed by atoms with Gasteiger partial charge in [-0.1, -0.05) is 0 Å². The zero-order valence-electron chi connectivity index (χ0n) is 11.7. The van der Waals surface area contributed by atoms with E-state index in [-0.39, 0.29) is 5.69 Å². The molecule has 1 unspecified atom stereocenters. The van der Waals surface area contributed by atoms with Gasteiger partial charge in [-0.05, 0) is 6.92 Å². The first kappa shape index (κ1) is 17.3. The summed E-state index contributed by atoms with van der Waals surface area (Å²) in [7, 11) is -1.74. The number of likely N-dealkylation sites (N-methyl/N-ethyl adjacent to an activating group) is 1. The van der Waals surface area contributed by atoms with Gasteiger partial charge >= 0.3 is 0 Å². The van der Waals surface area contributed by atoms with Crippen LogP contribution in [0.5, 0.6) is 0 Å². The van der Waals surface area contributed by atoms with Crippen molar-refractivity contribution >= 4 is 21.4 Å². The Kier molecular flexibility index (Phi) is 5.20. The van der Waals surface area contributed by atoms with E-state index in [0.29, 0.717) is 6.07 Å². The molecule has 1 aromatic rings. The molecule has 0 spiro atoms. The van der Waals surface area contributed by atoms with E-state index in [4.69, 9.17) is 5.11 Å². The van der Waals surface area contributed by atoms with Gasteiger partial charge in [-0.15, -0.1) is 0 Å². The summed E-state index contributed by atoms with van der Waals surface area (Å²) in [5.41, 5.74) is -0.785. The van der Waals surface area contributed by atoms with Crippen molar-refractivity contribution < 1.29 is 22.8 Å².